The van der Waals surface area contributed by atoms with Crippen molar-refractivity contribution in [1.29, 1.82) is 0 Å². The van der Waals surface area contributed by atoms with Gasteiger partial charge in [-0.2, -0.15) is 0 Å². The quantitative estimate of drug-likeness (QED) is 0.460. The normalized spacial score (nSPS) is 17.7. The number of carbonyl (C=O) groups excluding carboxylic acids is 1. The summed E-state index contributed by atoms with van der Waals surface area (Å²) in [6.07, 6.45) is 4.51. The topological polar surface area (TPSA) is 107 Å². The summed E-state index contributed by atoms with van der Waals surface area (Å²) in [6.45, 7) is 7.78. The van der Waals surface area contributed by atoms with Crippen molar-refractivity contribution in [3.63, 3.8) is 0 Å². The molecule has 1 unspecified atom stereocenters. The van der Waals surface area contributed by atoms with Gasteiger partial charge in [0.05, 0.1) is 13.2 Å². The number of rotatable bonds is 8. The number of carbonyl (C=O) groups is 3. The zero-order chi connectivity index (χ0) is 29.2. The summed E-state index contributed by atoms with van der Waals surface area (Å²) in [5, 5.41) is 15.6. The third-order valence-corrected chi connectivity index (χ3v) is 7.50. The minimum absolute atomic E-state index is 0.0638. The van der Waals surface area contributed by atoms with Crippen LogP contribution in [0.4, 0.5) is 4.39 Å². The zero-order valence-corrected chi connectivity index (χ0v) is 23.4. The van der Waals surface area contributed by atoms with E-state index in [0.29, 0.717) is 30.7 Å². The van der Waals surface area contributed by atoms with Crippen LogP contribution in [0.15, 0.2) is 54.6 Å². The van der Waals surface area contributed by atoms with Gasteiger partial charge in [-0.25, -0.2) is 14.0 Å². The molecule has 2 aromatic rings. The lowest BCUT2D eigenvalue weighted by molar-refractivity contribution is -0.141. The summed E-state index contributed by atoms with van der Waals surface area (Å²) in [4.78, 5) is 37.2. The molecule has 0 aliphatic carbocycles. The highest BCUT2D eigenvalue weighted by Crippen LogP contribution is 2.40. The van der Waals surface area contributed by atoms with Crippen molar-refractivity contribution >= 4 is 17.8 Å². The van der Waals surface area contributed by atoms with Gasteiger partial charge in [-0.05, 0) is 67.4 Å². The molecule has 2 N–H and O–H groups in total. The maximum Gasteiger partial charge on any atom is 0.328 e. The lowest BCUT2D eigenvalue weighted by Crippen LogP contribution is -2.48. The van der Waals surface area contributed by atoms with Crippen molar-refractivity contribution in [3.8, 4) is 5.75 Å². The van der Waals surface area contributed by atoms with Gasteiger partial charge in [0.1, 0.15) is 0 Å². The Hall–Kier alpha value is -3.72. The first kappa shape index (κ1) is 30.8. The van der Waals surface area contributed by atoms with E-state index in [0.717, 1.165) is 44.5 Å². The van der Waals surface area contributed by atoms with Crippen LogP contribution in [0.1, 0.15) is 49.4 Å². The predicted octanol–water partition coefficient (Wildman–Crippen LogP) is 4.58. The molecule has 2 heterocycles. The molecule has 0 aromatic heterocycles. The van der Waals surface area contributed by atoms with E-state index in [2.05, 4.69) is 49.1 Å². The highest BCUT2D eigenvalue weighted by atomic mass is 19.1. The molecule has 1 saturated heterocycles. The maximum absolute atomic E-state index is 14.9. The Morgan fingerprint density at radius 1 is 1.00 bits per heavy atom. The molecule has 2 aliphatic rings. The minimum Gasteiger partial charge on any atom is -0.494 e. The smallest absolute Gasteiger partial charge is 0.328 e. The number of carboxylic acids is 2. The number of aliphatic carboxylic acids is 2. The summed E-state index contributed by atoms with van der Waals surface area (Å²) < 4.78 is 20.1. The van der Waals surface area contributed by atoms with Crippen LogP contribution in [-0.2, 0) is 27.2 Å². The van der Waals surface area contributed by atoms with Gasteiger partial charge in [-0.1, -0.05) is 50.2 Å². The number of methoxy groups -OCH3 is 1. The van der Waals surface area contributed by atoms with Gasteiger partial charge >= 0.3 is 11.9 Å². The number of likely N-dealkylation sites (tertiary alicyclic amines) is 1. The van der Waals surface area contributed by atoms with Crippen molar-refractivity contribution in [3.05, 3.63) is 77.1 Å². The fraction of sp³-hybridized carbons (Fsp3) is 0.452. The Morgan fingerprint density at radius 3 is 2.17 bits per heavy atom. The SMILES string of the molecule is COc1ccc2c(c1F)CCN(C(=O)C1CCN(CCc3ccccc3)CC1)C2C(C)C.O=C(O)/C=C/C(=O)O. The van der Waals surface area contributed by atoms with Gasteiger partial charge in [-0.15, -0.1) is 0 Å². The minimum atomic E-state index is -1.26. The summed E-state index contributed by atoms with van der Waals surface area (Å²) in [7, 11) is 1.50. The highest BCUT2D eigenvalue weighted by Gasteiger charge is 2.38. The van der Waals surface area contributed by atoms with Crippen LogP contribution in [0.2, 0.25) is 0 Å². The number of fused-ring (bicyclic) bond motifs is 1. The van der Waals surface area contributed by atoms with Crippen molar-refractivity contribution in [1.82, 2.24) is 9.80 Å². The molecule has 1 amide bonds. The molecule has 216 valence electrons. The number of hydrogen-bond acceptors (Lipinski definition) is 5. The number of nitrogens with zero attached hydrogens (tertiary/aromatic N) is 2. The molecule has 40 heavy (non-hydrogen) atoms. The van der Waals surface area contributed by atoms with E-state index in [1.54, 1.807) is 6.07 Å². The first-order chi connectivity index (χ1) is 19.1. The second-order valence-electron chi connectivity index (χ2n) is 10.5. The molecule has 0 bridgehead atoms. The molecular weight excluding hydrogens is 515 g/mol. The second kappa shape index (κ2) is 14.6. The molecule has 9 heteroatoms. The molecule has 4 rings (SSSR count). The number of halogens is 1. The molecule has 0 spiro atoms. The van der Waals surface area contributed by atoms with Gasteiger partial charge in [0, 0.05) is 31.2 Å². The molecule has 0 radical (unpaired) electrons. The number of amides is 1. The Kier molecular flexibility index (Phi) is 11.3. The summed E-state index contributed by atoms with van der Waals surface area (Å²) >= 11 is 0. The van der Waals surface area contributed by atoms with E-state index in [1.807, 2.05) is 11.0 Å². The first-order valence-corrected chi connectivity index (χ1v) is 13.7. The number of benzene rings is 2. The van der Waals surface area contributed by atoms with E-state index in [-0.39, 0.29) is 35.4 Å². The predicted molar refractivity (Wildman–Crippen MR) is 150 cm³/mol. The number of hydrogen-bond donors (Lipinski definition) is 2. The summed E-state index contributed by atoms with van der Waals surface area (Å²) in [6, 6.07) is 14.1. The Balaban J connectivity index is 0.000000482. The van der Waals surface area contributed by atoms with E-state index < -0.39 is 11.9 Å². The molecule has 8 nitrogen and oxygen atoms in total. The van der Waals surface area contributed by atoms with Crippen molar-refractivity contribution < 1.29 is 33.7 Å². The second-order valence-corrected chi connectivity index (χ2v) is 10.5. The van der Waals surface area contributed by atoms with Crippen molar-refractivity contribution in [2.24, 2.45) is 11.8 Å². The number of piperidine rings is 1. The van der Waals surface area contributed by atoms with E-state index in [9.17, 15) is 18.8 Å². The first-order valence-electron chi connectivity index (χ1n) is 13.7. The third kappa shape index (κ3) is 8.14. The summed E-state index contributed by atoms with van der Waals surface area (Å²) in [5.41, 5.74) is 3.02. The van der Waals surface area contributed by atoms with Crippen LogP contribution in [0.3, 0.4) is 0 Å². The third-order valence-electron chi connectivity index (χ3n) is 7.50. The molecule has 1 fully saturated rings. The van der Waals surface area contributed by atoms with Gasteiger partial charge in [0.15, 0.2) is 11.6 Å². The Labute approximate surface area is 235 Å². The monoisotopic (exact) mass is 554 g/mol. The fourth-order valence-corrected chi connectivity index (χ4v) is 5.52. The highest BCUT2D eigenvalue weighted by molar-refractivity contribution is 5.89. The number of carboxylic acid groups (broad SMARTS) is 2. The lowest BCUT2D eigenvalue weighted by Gasteiger charge is -2.43. The van der Waals surface area contributed by atoms with Crippen LogP contribution in [0, 0.1) is 17.7 Å². The average Bonchev–Trinajstić information content (AvgIpc) is 2.95. The fourth-order valence-electron chi connectivity index (χ4n) is 5.52. The molecule has 0 saturated carbocycles. The largest absolute Gasteiger partial charge is 0.494 e. The summed E-state index contributed by atoms with van der Waals surface area (Å²) in [5.74, 6) is -1.97. The van der Waals surface area contributed by atoms with Gasteiger partial charge < -0.3 is 24.7 Å². The van der Waals surface area contributed by atoms with Crippen LogP contribution in [0.5, 0.6) is 5.75 Å². The molecule has 2 aromatic carbocycles. The maximum atomic E-state index is 14.9. The van der Waals surface area contributed by atoms with Crippen LogP contribution >= 0.6 is 0 Å². The van der Waals surface area contributed by atoms with Crippen LogP contribution in [-0.4, -0.2) is 71.1 Å². The van der Waals surface area contributed by atoms with Gasteiger partial charge in [0.2, 0.25) is 5.91 Å². The van der Waals surface area contributed by atoms with E-state index in [1.165, 1.54) is 12.7 Å². The van der Waals surface area contributed by atoms with Crippen molar-refractivity contribution in [2.75, 3.05) is 33.3 Å². The molecule has 2 aliphatic heterocycles. The number of ether oxygens (including phenoxy) is 1. The standard InChI is InChI=1S/C27H35FN2O2.C4H4O4/c1-19(2)26-23-9-10-24(32-3)25(28)22(23)14-18-30(26)27(31)21-12-16-29(17-13-21)15-11-20-7-5-4-6-8-20;5-3(6)1-2-4(7)8/h4-10,19,21,26H,11-18H2,1-3H3;1-2H,(H,5,6)(H,7,8)/b;2-1+. The van der Waals surface area contributed by atoms with E-state index in [4.69, 9.17) is 14.9 Å². The molecular formula is C31H39FN2O6. The average molecular weight is 555 g/mol. The van der Waals surface area contributed by atoms with E-state index >= 15 is 0 Å². The lowest BCUT2D eigenvalue weighted by atomic mass is 9.84. The van der Waals surface area contributed by atoms with Gasteiger partial charge in [-0.3, -0.25) is 4.79 Å². The van der Waals surface area contributed by atoms with Crippen LogP contribution in [0.25, 0.3) is 0 Å². The van der Waals surface area contributed by atoms with Gasteiger partial charge in [0.25, 0.3) is 0 Å². The molecule has 1 atom stereocenters. The zero-order valence-electron chi connectivity index (χ0n) is 23.4. The Morgan fingerprint density at radius 2 is 1.62 bits per heavy atom. The van der Waals surface area contributed by atoms with Crippen molar-refractivity contribution in [2.45, 2.75) is 45.6 Å². The Bertz CT molecular complexity index is 1180. The van der Waals surface area contributed by atoms with Crippen LogP contribution < -0.4 is 4.74 Å².